The van der Waals surface area contributed by atoms with Crippen LogP contribution < -0.4 is 5.32 Å². The summed E-state index contributed by atoms with van der Waals surface area (Å²) in [5, 5.41) is 2.45. The third-order valence-corrected chi connectivity index (χ3v) is 2.59. The predicted molar refractivity (Wildman–Crippen MR) is 60.5 cm³/mol. The zero-order valence-corrected chi connectivity index (χ0v) is 10.4. The van der Waals surface area contributed by atoms with Crippen LogP contribution in [0.3, 0.4) is 0 Å². The van der Waals surface area contributed by atoms with Gasteiger partial charge in [0.2, 0.25) is 0 Å². The molecule has 0 saturated heterocycles. The molecule has 0 aliphatic carbocycles. The largest absolute Gasteiger partial charge is 0.401 e. The van der Waals surface area contributed by atoms with Crippen molar-refractivity contribution >= 4 is 0 Å². The van der Waals surface area contributed by atoms with Crippen molar-refractivity contribution in [1.29, 1.82) is 0 Å². The lowest BCUT2D eigenvalue weighted by atomic mass is 10.2. The van der Waals surface area contributed by atoms with E-state index in [-0.39, 0.29) is 6.04 Å². The first kappa shape index (κ1) is 15.7. The highest BCUT2D eigenvalue weighted by Gasteiger charge is 2.26. The average Bonchev–Trinajstić information content (AvgIpc) is 2.17. The number of hydrogen-bond donors (Lipinski definition) is 1. The van der Waals surface area contributed by atoms with E-state index in [9.17, 15) is 13.2 Å². The van der Waals surface area contributed by atoms with Gasteiger partial charge in [-0.3, -0.25) is 4.90 Å². The van der Waals surface area contributed by atoms with Gasteiger partial charge in [0.1, 0.15) is 0 Å². The minimum Gasteiger partial charge on any atom is -0.307 e. The van der Waals surface area contributed by atoms with E-state index in [0.717, 1.165) is 25.9 Å². The lowest BCUT2D eigenvalue weighted by Crippen LogP contribution is -2.43. The normalized spacial score (nSPS) is 14.4. The fourth-order valence-corrected chi connectivity index (χ4v) is 1.60. The van der Waals surface area contributed by atoms with E-state index >= 15 is 0 Å². The molecule has 5 heteroatoms. The summed E-state index contributed by atoms with van der Waals surface area (Å²) in [4.78, 5) is 2.20. The molecule has 0 aliphatic heterocycles. The van der Waals surface area contributed by atoms with Gasteiger partial charge in [-0.15, -0.1) is 0 Å². The Morgan fingerprint density at radius 2 is 1.88 bits per heavy atom. The number of nitrogens with one attached hydrogen (secondary N) is 1. The highest BCUT2D eigenvalue weighted by molar-refractivity contribution is 4.69. The van der Waals surface area contributed by atoms with Gasteiger partial charge in [-0.2, -0.15) is 13.2 Å². The highest BCUT2D eigenvalue weighted by atomic mass is 19.4. The Kier molecular flexibility index (Phi) is 7.76. The Bertz CT molecular complexity index is 171. The quantitative estimate of drug-likeness (QED) is 0.701. The number of alkyl halides is 3. The molecular formula is C11H23F3N2. The van der Waals surface area contributed by atoms with Crippen LogP contribution in [-0.4, -0.2) is 43.3 Å². The minimum atomic E-state index is -4.11. The molecule has 0 aromatic heterocycles. The third kappa shape index (κ3) is 7.93. The summed E-state index contributed by atoms with van der Waals surface area (Å²) < 4.78 is 35.7. The summed E-state index contributed by atoms with van der Waals surface area (Å²) in [5.74, 6) is 0. The summed E-state index contributed by atoms with van der Waals surface area (Å²) in [5.41, 5.74) is 0. The van der Waals surface area contributed by atoms with Gasteiger partial charge in [-0.1, -0.05) is 20.3 Å². The lowest BCUT2D eigenvalue weighted by molar-refractivity contribution is -0.125. The molecule has 0 aliphatic rings. The van der Waals surface area contributed by atoms with Crippen LogP contribution in [0.1, 0.15) is 33.6 Å². The zero-order chi connectivity index (χ0) is 12.6. The number of rotatable bonds is 8. The van der Waals surface area contributed by atoms with Crippen LogP contribution in [0.2, 0.25) is 0 Å². The van der Waals surface area contributed by atoms with E-state index < -0.39 is 12.7 Å². The number of nitrogens with zero attached hydrogens (tertiary/aromatic N) is 1. The first-order chi connectivity index (χ1) is 7.40. The van der Waals surface area contributed by atoms with Crippen molar-refractivity contribution in [1.82, 2.24) is 10.2 Å². The monoisotopic (exact) mass is 240 g/mol. The molecule has 0 radical (unpaired) electrons. The van der Waals surface area contributed by atoms with Gasteiger partial charge >= 0.3 is 6.18 Å². The summed E-state index contributed by atoms with van der Waals surface area (Å²) >= 11 is 0. The van der Waals surface area contributed by atoms with Gasteiger partial charge < -0.3 is 5.32 Å². The second-order valence-corrected chi connectivity index (χ2v) is 4.08. The highest BCUT2D eigenvalue weighted by Crippen LogP contribution is 2.12. The second kappa shape index (κ2) is 7.90. The van der Waals surface area contributed by atoms with Crippen LogP contribution in [0.25, 0.3) is 0 Å². The summed E-state index contributed by atoms with van der Waals surface area (Å²) in [6.07, 6.45) is -1.91. The van der Waals surface area contributed by atoms with Crippen molar-refractivity contribution in [2.75, 3.05) is 26.2 Å². The Hall–Kier alpha value is -0.290. The van der Waals surface area contributed by atoms with E-state index in [1.807, 2.05) is 13.8 Å². The first-order valence-corrected chi connectivity index (χ1v) is 5.92. The van der Waals surface area contributed by atoms with Crippen molar-refractivity contribution < 1.29 is 13.2 Å². The molecule has 1 unspecified atom stereocenters. The lowest BCUT2D eigenvalue weighted by Gasteiger charge is -2.28. The van der Waals surface area contributed by atoms with Crippen LogP contribution in [-0.2, 0) is 0 Å². The summed E-state index contributed by atoms with van der Waals surface area (Å²) in [7, 11) is 0. The Morgan fingerprint density at radius 1 is 1.25 bits per heavy atom. The molecule has 0 saturated carbocycles. The maximum Gasteiger partial charge on any atom is 0.401 e. The number of unbranched alkanes of at least 4 members (excludes halogenated alkanes) is 1. The topological polar surface area (TPSA) is 15.3 Å². The molecule has 0 heterocycles. The summed E-state index contributed by atoms with van der Waals surface area (Å²) in [6.45, 7) is 7.44. The van der Waals surface area contributed by atoms with Gasteiger partial charge in [0.05, 0.1) is 6.54 Å². The second-order valence-electron chi connectivity index (χ2n) is 4.08. The Morgan fingerprint density at radius 3 is 2.31 bits per heavy atom. The van der Waals surface area contributed by atoms with Crippen molar-refractivity contribution in [2.45, 2.75) is 45.8 Å². The van der Waals surface area contributed by atoms with Crippen LogP contribution in [0.15, 0.2) is 0 Å². The van der Waals surface area contributed by atoms with Gasteiger partial charge in [0.25, 0.3) is 0 Å². The van der Waals surface area contributed by atoms with Gasteiger partial charge in [-0.25, -0.2) is 0 Å². The maximum absolute atomic E-state index is 11.9. The number of hydrogen-bond acceptors (Lipinski definition) is 2. The predicted octanol–water partition coefficient (Wildman–Crippen LogP) is 2.65. The van der Waals surface area contributed by atoms with E-state index in [2.05, 4.69) is 17.1 Å². The van der Waals surface area contributed by atoms with Gasteiger partial charge in [0.15, 0.2) is 0 Å². The smallest absolute Gasteiger partial charge is 0.307 e. The molecule has 0 aromatic rings. The third-order valence-electron chi connectivity index (χ3n) is 2.59. The molecule has 98 valence electrons. The fraction of sp³-hybridized carbons (Fsp3) is 1.00. The molecule has 0 rings (SSSR count). The molecule has 1 N–H and O–H groups in total. The minimum absolute atomic E-state index is 0.152. The van der Waals surface area contributed by atoms with Crippen LogP contribution in [0.5, 0.6) is 0 Å². The molecule has 0 aromatic carbocycles. The van der Waals surface area contributed by atoms with Gasteiger partial charge in [-0.05, 0) is 26.4 Å². The number of likely N-dealkylation sites (N-methyl/N-ethyl adjacent to an activating group) is 1. The van der Waals surface area contributed by atoms with Crippen LogP contribution >= 0.6 is 0 Å². The molecule has 0 fully saturated rings. The van der Waals surface area contributed by atoms with Crippen molar-refractivity contribution in [3.05, 3.63) is 0 Å². The van der Waals surface area contributed by atoms with Crippen molar-refractivity contribution in [2.24, 2.45) is 0 Å². The van der Waals surface area contributed by atoms with Crippen molar-refractivity contribution in [3.63, 3.8) is 0 Å². The Balaban J connectivity index is 3.79. The molecule has 0 bridgehead atoms. The number of halogens is 3. The van der Waals surface area contributed by atoms with E-state index in [4.69, 9.17) is 0 Å². The molecule has 0 amide bonds. The average molecular weight is 240 g/mol. The van der Waals surface area contributed by atoms with E-state index in [0.29, 0.717) is 6.54 Å². The first-order valence-electron chi connectivity index (χ1n) is 5.92. The SMILES string of the molecule is CCCCN(CC)C(C)CNCC(F)(F)F. The summed E-state index contributed by atoms with van der Waals surface area (Å²) in [6, 6.07) is 0.152. The Labute approximate surface area is 96.2 Å². The molecule has 0 spiro atoms. The zero-order valence-electron chi connectivity index (χ0n) is 10.4. The van der Waals surface area contributed by atoms with Gasteiger partial charge in [0, 0.05) is 12.6 Å². The standard InChI is InChI=1S/C11H23F3N2/c1-4-6-7-16(5-2)10(3)8-15-9-11(12,13)14/h10,15H,4-9H2,1-3H3. The van der Waals surface area contributed by atoms with E-state index in [1.54, 1.807) is 0 Å². The molecule has 2 nitrogen and oxygen atoms in total. The molecule has 1 atom stereocenters. The molecular weight excluding hydrogens is 217 g/mol. The van der Waals surface area contributed by atoms with Crippen LogP contribution in [0.4, 0.5) is 13.2 Å². The molecule has 16 heavy (non-hydrogen) atoms. The van der Waals surface area contributed by atoms with E-state index in [1.165, 1.54) is 0 Å². The van der Waals surface area contributed by atoms with Crippen LogP contribution in [0, 0.1) is 0 Å². The van der Waals surface area contributed by atoms with Crippen molar-refractivity contribution in [3.8, 4) is 0 Å². The maximum atomic E-state index is 11.9. The fourth-order valence-electron chi connectivity index (χ4n) is 1.60.